The van der Waals surface area contributed by atoms with Crippen LogP contribution in [0.4, 0.5) is 0 Å². The number of ether oxygens (including phenoxy) is 1. The number of carbonyl (C=O) groups excluding carboxylic acids is 1. The van der Waals surface area contributed by atoms with Crippen LogP contribution < -0.4 is 10.1 Å². The molecule has 2 aromatic rings. The summed E-state index contributed by atoms with van der Waals surface area (Å²) in [5.41, 5.74) is 0.467. The summed E-state index contributed by atoms with van der Waals surface area (Å²) in [6, 6.07) is 7.16. The molecule has 24 heavy (non-hydrogen) atoms. The second kappa shape index (κ2) is 8.16. The van der Waals surface area contributed by atoms with Crippen molar-refractivity contribution in [3.63, 3.8) is 0 Å². The van der Waals surface area contributed by atoms with Crippen molar-refractivity contribution < 1.29 is 19.4 Å². The fraction of sp³-hybridized carbons (Fsp3) is 0.312. The van der Waals surface area contributed by atoms with Gasteiger partial charge in [0.05, 0.1) is 24.6 Å². The van der Waals surface area contributed by atoms with Crippen LogP contribution in [0.5, 0.6) is 5.75 Å². The van der Waals surface area contributed by atoms with Gasteiger partial charge in [-0.05, 0) is 32.0 Å². The molecule has 6 nitrogen and oxygen atoms in total. The highest BCUT2D eigenvalue weighted by atomic mass is 32.2. The van der Waals surface area contributed by atoms with E-state index in [2.05, 4.69) is 10.3 Å². The maximum atomic E-state index is 12.1. The van der Waals surface area contributed by atoms with E-state index in [1.165, 1.54) is 11.8 Å². The summed E-state index contributed by atoms with van der Waals surface area (Å²) in [4.78, 5) is 28.5. The number of carboxylic acids is 1. The van der Waals surface area contributed by atoms with Crippen molar-refractivity contribution in [2.75, 3.05) is 12.9 Å². The van der Waals surface area contributed by atoms with Crippen molar-refractivity contribution in [3.8, 4) is 5.75 Å². The molecule has 1 aromatic carbocycles. The molecule has 0 radical (unpaired) electrons. The molecule has 8 heteroatoms. The summed E-state index contributed by atoms with van der Waals surface area (Å²) in [5.74, 6) is -0.134. The van der Waals surface area contributed by atoms with Crippen molar-refractivity contribution in [2.24, 2.45) is 0 Å². The first-order valence-corrected chi connectivity index (χ1v) is 8.97. The van der Waals surface area contributed by atoms with E-state index in [1.54, 1.807) is 21.0 Å². The van der Waals surface area contributed by atoms with Crippen LogP contribution >= 0.6 is 23.1 Å². The fourth-order valence-corrected chi connectivity index (χ4v) is 3.65. The highest BCUT2D eigenvalue weighted by molar-refractivity contribution is 8.00. The number of thioether (sulfide) groups is 1. The molecule has 0 fully saturated rings. The standard InChI is InChI=1S/C16H18N2O4S2/c1-9-14(16(20)21)24-15(18-9)10(2)17-13(19)8-23-12-6-4-5-11(7-12)22-3/h4-7,10H,8H2,1-3H3,(H,17,19)(H,20,21). The summed E-state index contributed by atoms with van der Waals surface area (Å²) in [6.45, 7) is 3.44. The summed E-state index contributed by atoms with van der Waals surface area (Å²) in [7, 11) is 1.60. The zero-order chi connectivity index (χ0) is 17.7. The Kier molecular flexibility index (Phi) is 6.22. The Labute approximate surface area is 148 Å². The highest BCUT2D eigenvalue weighted by Crippen LogP contribution is 2.25. The van der Waals surface area contributed by atoms with Gasteiger partial charge in [0.2, 0.25) is 5.91 Å². The summed E-state index contributed by atoms with van der Waals surface area (Å²) in [6.07, 6.45) is 0. The van der Waals surface area contributed by atoms with Crippen molar-refractivity contribution in [1.82, 2.24) is 10.3 Å². The lowest BCUT2D eigenvalue weighted by molar-refractivity contribution is -0.119. The number of nitrogens with zero attached hydrogens (tertiary/aromatic N) is 1. The zero-order valence-electron chi connectivity index (χ0n) is 13.5. The number of methoxy groups -OCH3 is 1. The third-order valence-corrected chi connectivity index (χ3v) is 5.49. The van der Waals surface area contributed by atoms with Crippen LogP contribution in [-0.4, -0.2) is 34.8 Å². The van der Waals surface area contributed by atoms with Gasteiger partial charge in [0, 0.05) is 4.90 Å². The molecule has 128 valence electrons. The van der Waals surface area contributed by atoms with Crippen LogP contribution in [-0.2, 0) is 4.79 Å². The van der Waals surface area contributed by atoms with Crippen LogP contribution in [0.1, 0.15) is 33.3 Å². The molecule has 1 atom stereocenters. The summed E-state index contributed by atoms with van der Waals surface area (Å²) >= 11 is 2.49. The largest absolute Gasteiger partial charge is 0.497 e. The molecule has 1 aromatic heterocycles. The van der Waals surface area contributed by atoms with E-state index < -0.39 is 5.97 Å². The number of hydrogen-bond donors (Lipinski definition) is 2. The zero-order valence-corrected chi connectivity index (χ0v) is 15.2. The van der Waals surface area contributed by atoms with Gasteiger partial charge in [-0.1, -0.05) is 6.07 Å². The predicted octanol–water partition coefficient (Wildman–Crippen LogP) is 3.13. The van der Waals surface area contributed by atoms with E-state index in [4.69, 9.17) is 9.84 Å². The van der Waals surface area contributed by atoms with Crippen molar-refractivity contribution >= 4 is 35.0 Å². The monoisotopic (exact) mass is 366 g/mol. The maximum Gasteiger partial charge on any atom is 0.347 e. The van der Waals surface area contributed by atoms with Crippen LogP contribution in [0.15, 0.2) is 29.2 Å². The second-order valence-electron chi connectivity index (χ2n) is 5.03. The SMILES string of the molecule is COc1cccc(SCC(=O)NC(C)c2nc(C)c(C(=O)O)s2)c1. The Morgan fingerprint density at radius 3 is 2.83 bits per heavy atom. The molecule has 0 aliphatic rings. The number of aromatic nitrogens is 1. The minimum atomic E-state index is -0.997. The number of rotatable bonds is 7. The van der Waals surface area contributed by atoms with Gasteiger partial charge in [-0.2, -0.15) is 0 Å². The van der Waals surface area contributed by atoms with Gasteiger partial charge in [0.1, 0.15) is 15.6 Å². The normalized spacial score (nSPS) is 11.8. The molecule has 0 saturated heterocycles. The van der Waals surface area contributed by atoms with Gasteiger partial charge in [0.25, 0.3) is 0 Å². The minimum Gasteiger partial charge on any atom is -0.497 e. The van der Waals surface area contributed by atoms with Gasteiger partial charge in [-0.3, -0.25) is 4.79 Å². The fourth-order valence-electron chi connectivity index (χ4n) is 1.99. The smallest absolute Gasteiger partial charge is 0.347 e. The van der Waals surface area contributed by atoms with Gasteiger partial charge in [-0.25, -0.2) is 9.78 Å². The summed E-state index contributed by atoms with van der Waals surface area (Å²) in [5, 5.41) is 12.5. The molecule has 0 saturated carbocycles. The molecular formula is C16H18N2O4S2. The molecule has 0 aliphatic carbocycles. The Morgan fingerprint density at radius 2 is 2.21 bits per heavy atom. The first-order chi connectivity index (χ1) is 11.4. The van der Waals surface area contributed by atoms with Crippen molar-refractivity contribution in [2.45, 2.75) is 24.8 Å². The molecule has 0 bridgehead atoms. The highest BCUT2D eigenvalue weighted by Gasteiger charge is 2.19. The van der Waals surface area contributed by atoms with Crippen LogP contribution in [0.3, 0.4) is 0 Å². The Balaban J connectivity index is 1.91. The Bertz CT molecular complexity index is 745. The van der Waals surface area contributed by atoms with E-state index >= 15 is 0 Å². The average molecular weight is 366 g/mol. The molecule has 2 rings (SSSR count). The lowest BCUT2D eigenvalue weighted by Crippen LogP contribution is -2.28. The number of amides is 1. The number of carboxylic acid groups (broad SMARTS) is 1. The minimum absolute atomic E-state index is 0.139. The average Bonchev–Trinajstić information content (AvgIpc) is 2.95. The Morgan fingerprint density at radius 1 is 1.46 bits per heavy atom. The van der Waals surface area contributed by atoms with E-state index in [-0.39, 0.29) is 22.6 Å². The molecule has 1 heterocycles. The molecular weight excluding hydrogens is 348 g/mol. The van der Waals surface area contributed by atoms with Crippen molar-refractivity contribution in [3.05, 3.63) is 39.8 Å². The molecule has 0 spiro atoms. The lowest BCUT2D eigenvalue weighted by Gasteiger charge is -2.11. The van der Waals surface area contributed by atoms with Gasteiger partial charge in [-0.15, -0.1) is 23.1 Å². The number of carbonyl (C=O) groups is 2. The van der Waals surface area contributed by atoms with E-state index in [9.17, 15) is 9.59 Å². The number of thiazole rings is 1. The second-order valence-corrected chi connectivity index (χ2v) is 7.11. The third kappa shape index (κ3) is 4.72. The first-order valence-electron chi connectivity index (χ1n) is 7.17. The van der Waals surface area contributed by atoms with E-state index in [1.807, 2.05) is 24.3 Å². The van der Waals surface area contributed by atoms with Gasteiger partial charge >= 0.3 is 5.97 Å². The number of aryl methyl sites for hydroxylation is 1. The quantitative estimate of drug-likeness (QED) is 0.732. The van der Waals surface area contributed by atoms with Crippen LogP contribution in [0, 0.1) is 6.92 Å². The number of benzene rings is 1. The lowest BCUT2D eigenvalue weighted by atomic mass is 10.3. The Hall–Kier alpha value is -2.06. The van der Waals surface area contributed by atoms with E-state index in [0.717, 1.165) is 22.0 Å². The molecule has 0 aliphatic heterocycles. The predicted molar refractivity (Wildman–Crippen MR) is 94.1 cm³/mol. The van der Waals surface area contributed by atoms with Crippen LogP contribution in [0.2, 0.25) is 0 Å². The summed E-state index contributed by atoms with van der Waals surface area (Å²) < 4.78 is 5.15. The number of aromatic carboxylic acids is 1. The van der Waals surface area contributed by atoms with Crippen LogP contribution in [0.25, 0.3) is 0 Å². The third-order valence-electron chi connectivity index (χ3n) is 3.17. The van der Waals surface area contributed by atoms with E-state index in [0.29, 0.717) is 10.7 Å². The topological polar surface area (TPSA) is 88.5 Å². The van der Waals surface area contributed by atoms with Gasteiger partial charge < -0.3 is 15.2 Å². The number of hydrogen-bond acceptors (Lipinski definition) is 6. The number of nitrogens with one attached hydrogen (secondary N) is 1. The molecule has 1 unspecified atom stereocenters. The first kappa shape index (κ1) is 18.3. The molecule has 2 N–H and O–H groups in total. The van der Waals surface area contributed by atoms with Crippen molar-refractivity contribution in [1.29, 1.82) is 0 Å². The maximum absolute atomic E-state index is 12.1. The van der Waals surface area contributed by atoms with Gasteiger partial charge in [0.15, 0.2) is 0 Å². The molecule has 1 amide bonds.